The molecule has 1 aliphatic heterocycles. The van der Waals surface area contributed by atoms with Gasteiger partial charge >= 0.3 is 0 Å². The molecule has 1 heterocycles. The van der Waals surface area contributed by atoms with Crippen molar-refractivity contribution in [3.8, 4) is 0 Å². The fourth-order valence-corrected chi connectivity index (χ4v) is 3.11. The van der Waals surface area contributed by atoms with Crippen molar-refractivity contribution in [2.75, 3.05) is 24.6 Å². The van der Waals surface area contributed by atoms with Crippen LogP contribution in [0, 0.1) is 11.3 Å². The monoisotopic (exact) mass is 189 g/mol. The SMILES string of the molecule is CC(C)C1(C)CNCC[S+]([O-])C1. The summed E-state index contributed by atoms with van der Waals surface area (Å²) in [6, 6.07) is 0. The van der Waals surface area contributed by atoms with E-state index in [-0.39, 0.29) is 5.41 Å². The van der Waals surface area contributed by atoms with Crippen molar-refractivity contribution in [1.29, 1.82) is 0 Å². The quantitative estimate of drug-likeness (QED) is 0.625. The maximum absolute atomic E-state index is 11.5. The summed E-state index contributed by atoms with van der Waals surface area (Å²) in [6.07, 6.45) is 0. The Morgan fingerprint density at radius 1 is 1.50 bits per heavy atom. The van der Waals surface area contributed by atoms with E-state index >= 15 is 0 Å². The van der Waals surface area contributed by atoms with Crippen molar-refractivity contribution in [2.24, 2.45) is 11.3 Å². The third-order valence-corrected chi connectivity index (χ3v) is 4.56. The molecular weight excluding hydrogens is 170 g/mol. The predicted octanol–water partition coefficient (Wildman–Crippen LogP) is 1.00. The number of rotatable bonds is 1. The highest BCUT2D eigenvalue weighted by Crippen LogP contribution is 2.29. The molecule has 0 bridgehead atoms. The maximum Gasteiger partial charge on any atom is 0.118 e. The van der Waals surface area contributed by atoms with E-state index in [1.54, 1.807) is 0 Å². The van der Waals surface area contributed by atoms with Crippen LogP contribution >= 0.6 is 0 Å². The lowest BCUT2D eigenvalue weighted by Gasteiger charge is -2.31. The number of hydrogen-bond acceptors (Lipinski definition) is 2. The molecule has 1 saturated heterocycles. The van der Waals surface area contributed by atoms with Crippen LogP contribution in [0.25, 0.3) is 0 Å². The topological polar surface area (TPSA) is 35.1 Å². The third kappa shape index (κ3) is 2.38. The first-order chi connectivity index (χ1) is 5.54. The van der Waals surface area contributed by atoms with Gasteiger partial charge in [-0.15, -0.1) is 0 Å². The molecule has 1 N–H and O–H groups in total. The molecule has 0 amide bonds. The maximum atomic E-state index is 11.5. The molecule has 0 aromatic rings. The molecule has 1 rings (SSSR count). The van der Waals surface area contributed by atoms with Crippen molar-refractivity contribution in [2.45, 2.75) is 20.8 Å². The molecule has 0 radical (unpaired) electrons. The average molecular weight is 189 g/mol. The van der Waals surface area contributed by atoms with Gasteiger partial charge in [-0.05, 0) is 5.92 Å². The van der Waals surface area contributed by atoms with Gasteiger partial charge in [0.05, 0.1) is 0 Å². The fraction of sp³-hybridized carbons (Fsp3) is 1.00. The number of hydrogen-bond donors (Lipinski definition) is 1. The van der Waals surface area contributed by atoms with Gasteiger partial charge in [0.25, 0.3) is 0 Å². The third-order valence-electron chi connectivity index (χ3n) is 2.92. The van der Waals surface area contributed by atoms with E-state index in [9.17, 15) is 4.55 Å². The Morgan fingerprint density at radius 2 is 2.17 bits per heavy atom. The Balaban J connectivity index is 2.61. The van der Waals surface area contributed by atoms with Crippen LogP contribution in [0.4, 0.5) is 0 Å². The molecule has 3 heteroatoms. The van der Waals surface area contributed by atoms with Crippen molar-refractivity contribution in [1.82, 2.24) is 5.32 Å². The average Bonchev–Trinajstić information content (AvgIpc) is 2.12. The zero-order valence-corrected chi connectivity index (χ0v) is 9.04. The van der Waals surface area contributed by atoms with Crippen molar-refractivity contribution >= 4 is 11.2 Å². The molecule has 0 saturated carbocycles. The molecule has 0 spiro atoms. The van der Waals surface area contributed by atoms with E-state index in [0.29, 0.717) is 5.92 Å². The van der Waals surface area contributed by atoms with Gasteiger partial charge in [0.2, 0.25) is 0 Å². The largest absolute Gasteiger partial charge is 0.616 e. The lowest BCUT2D eigenvalue weighted by molar-refractivity contribution is 0.248. The second kappa shape index (κ2) is 3.99. The standard InChI is InChI=1S/C9H19NOS/c1-8(2)9(3)6-10-4-5-12(11)7-9/h8,10H,4-7H2,1-3H3. The summed E-state index contributed by atoms with van der Waals surface area (Å²) in [5.74, 6) is 2.28. The highest BCUT2D eigenvalue weighted by atomic mass is 32.2. The van der Waals surface area contributed by atoms with Gasteiger partial charge in [-0.25, -0.2) is 0 Å². The van der Waals surface area contributed by atoms with E-state index in [2.05, 4.69) is 26.1 Å². The van der Waals surface area contributed by atoms with E-state index < -0.39 is 11.2 Å². The Morgan fingerprint density at radius 3 is 2.75 bits per heavy atom. The van der Waals surface area contributed by atoms with Gasteiger partial charge in [-0.1, -0.05) is 31.9 Å². The Kier molecular flexibility index (Phi) is 3.44. The highest BCUT2D eigenvalue weighted by Gasteiger charge is 2.35. The molecule has 0 aromatic heterocycles. The molecule has 72 valence electrons. The molecule has 2 unspecified atom stereocenters. The van der Waals surface area contributed by atoms with Crippen molar-refractivity contribution in [3.05, 3.63) is 0 Å². The van der Waals surface area contributed by atoms with Gasteiger partial charge in [-0.3, -0.25) is 0 Å². The normalized spacial score (nSPS) is 38.2. The number of nitrogens with one attached hydrogen (secondary N) is 1. The second-order valence-electron chi connectivity index (χ2n) is 4.27. The van der Waals surface area contributed by atoms with Gasteiger partial charge in [0.15, 0.2) is 0 Å². The van der Waals surface area contributed by atoms with E-state index in [4.69, 9.17) is 0 Å². The first kappa shape index (κ1) is 10.4. The van der Waals surface area contributed by atoms with E-state index in [1.807, 2.05) is 0 Å². The first-order valence-electron chi connectivity index (χ1n) is 4.60. The lowest BCUT2D eigenvalue weighted by atomic mass is 9.81. The summed E-state index contributed by atoms with van der Waals surface area (Å²) < 4.78 is 11.5. The summed E-state index contributed by atoms with van der Waals surface area (Å²) in [6.45, 7) is 8.58. The zero-order valence-electron chi connectivity index (χ0n) is 8.22. The Hall–Kier alpha value is 0.270. The summed E-state index contributed by atoms with van der Waals surface area (Å²) in [4.78, 5) is 0. The minimum atomic E-state index is -0.610. The smallest absolute Gasteiger partial charge is 0.118 e. The van der Waals surface area contributed by atoms with E-state index in [1.165, 1.54) is 0 Å². The van der Waals surface area contributed by atoms with Crippen LogP contribution in [-0.4, -0.2) is 29.1 Å². The van der Waals surface area contributed by atoms with Gasteiger partial charge < -0.3 is 9.87 Å². The van der Waals surface area contributed by atoms with E-state index in [0.717, 1.165) is 24.6 Å². The molecule has 1 fully saturated rings. The van der Waals surface area contributed by atoms with Crippen LogP contribution in [0.3, 0.4) is 0 Å². The molecular formula is C9H19NOS. The molecule has 2 atom stereocenters. The van der Waals surface area contributed by atoms with Crippen LogP contribution in [0.2, 0.25) is 0 Å². The summed E-state index contributed by atoms with van der Waals surface area (Å²) in [5.41, 5.74) is 0.224. The van der Waals surface area contributed by atoms with Crippen LogP contribution in [0.1, 0.15) is 20.8 Å². The Labute approximate surface area is 78.3 Å². The van der Waals surface area contributed by atoms with Crippen LogP contribution in [-0.2, 0) is 11.2 Å². The summed E-state index contributed by atoms with van der Waals surface area (Å²) in [7, 11) is 0. The molecule has 0 aromatic carbocycles. The van der Waals surface area contributed by atoms with Crippen LogP contribution in [0.5, 0.6) is 0 Å². The first-order valence-corrected chi connectivity index (χ1v) is 6.09. The molecule has 0 aliphatic carbocycles. The highest BCUT2D eigenvalue weighted by molar-refractivity contribution is 7.91. The van der Waals surface area contributed by atoms with Crippen LogP contribution in [0.15, 0.2) is 0 Å². The Bertz CT molecular complexity index is 151. The van der Waals surface area contributed by atoms with Crippen LogP contribution < -0.4 is 5.32 Å². The summed E-state index contributed by atoms with van der Waals surface area (Å²) in [5, 5.41) is 3.36. The summed E-state index contributed by atoms with van der Waals surface area (Å²) >= 11 is -0.610. The van der Waals surface area contributed by atoms with Gasteiger partial charge in [-0.2, -0.15) is 0 Å². The van der Waals surface area contributed by atoms with Gasteiger partial charge in [0.1, 0.15) is 11.5 Å². The molecule has 2 nitrogen and oxygen atoms in total. The lowest BCUT2D eigenvalue weighted by Crippen LogP contribution is -2.38. The predicted molar refractivity (Wildman–Crippen MR) is 53.7 cm³/mol. The minimum Gasteiger partial charge on any atom is -0.616 e. The molecule has 1 aliphatic rings. The molecule has 12 heavy (non-hydrogen) atoms. The van der Waals surface area contributed by atoms with Crippen molar-refractivity contribution in [3.63, 3.8) is 0 Å². The second-order valence-corrected chi connectivity index (χ2v) is 5.85. The van der Waals surface area contributed by atoms with Crippen molar-refractivity contribution < 1.29 is 4.55 Å². The minimum absolute atomic E-state index is 0.224. The zero-order chi connectivity index (χ0) is 9.19. The van der Waals surface area contributed by atoms with Gasteiger partial charge in [0, 0.05) is 18.5 Å². The fourth-order valence-electron chi connectivity index (χ4n) is 1.42.